The standard InChI is InChI=1S/C11H13N3OS/c1-15-7-8-3-2-4-9(5-8)14-11-13-6-10(12)16-11/h2-6H,7,12H2,1H3,(H,13,14). The topological polar surface area (TPSA) is 60.2 Å². The van der Waals surface area contributed by atoms with Crippen LogP contribution in [0, 0.1) is 0 Å². The van der Waals surface area contributed by atoms with Crippen molar-refractivity contribution in [3.05, 3.63) is 36.0 Å². The number of ether oxygens (including phenoxy) is 1. The van der Waals surface area contributed by atoms with Gasteiger partial charge in [-0.25, -0.2) is 4.98 Å². The van der Waals surface area contributed by atoms with Crippen LogP contribution < -0.4 is 11.1 Å². The van der Waals surface area contributed by atoms with Crippen molar-refractivity contribution in [2.24, 2.45) is 0 Å². The first-order valence-corrected chi connectivity index (χ1v) is 5.66. The van der Waals surface area contributed by atoms with Gasteiger partial charge in [-0.2, -0.15) is 0 Å². The number of aromatic nitrogens is 1. The molecule has 0 radical (unpaired) electrons. The monoisotopic (exact) mass is 235 g/mol. The molecule has 4 nitrogen and oxygen atoms in total. The highest BCUT2D eigenvalue weighted by Gasteiger charge is 2.00. The fourth-order valence-electron chi connectivity index (χ4n) is 1.37. The highest BCUT2D eigenvalue weighted by atomic mass is 32.1. The van der Waals surface area contributed by atoms with Gasteiger partial charge in [0.2, 0.25) is 0 Å². The molecule has 0 saturated heterocycles. The Labute approximate surface area is 98.1 Å². The van der Waals surface area contributed by atoms with Crippen molar-refractivity contribution in [3.8, 4) is 0 Å². The third-order valence-corrected chi connectivity index (χ3v) is 2.75. The number of methoxy groups -OCH3 is 1. The van der Waals surface area contributed by atoms with E-state index in [0.29, 0.717) is 11.6 Å². The fraction of sp³-hybridized carbons (Fsp3) is 0.182. The van der Waals surface area contributed by atoms with Gasteiger partial charge >= 0.3 is 0 Å². The van der Waals surface area contributed by atoms with Crippen molar-refractivity contribution in [2.75, 3.05) is 18.2 Å². The Morgan fingerprint density at radius 3 is 3.06 bits per heavy atom. The number of thiazole rings is 1. The minimum atomic E-state index is 0.607. The van der Waals surface area contributed by atoms with E-state index in [1.165, 1.54) is 11.3 Å². The second-order valence-electron chi connectivity index (χ2n) is 3.33. The second kappa shape index (κ2) is 4.96. The Balaban J connectivity index is 2.12. The summed E-state index contributed by atoms with van der Waals surface area (Å²) in [6.07, 6.45) is 1.64. The number of nitrogen functional groups attached to an aromatic ring is 1. The molecule has 1 aromatic heterocycles. The highest BCUT2D eigenvalue weighted by molar-refractivity contribution is 7.19. The summed E-state index contributed by atoms with van der Waals surface area (Å²) in [7, 11) is 1.68. The summed E-state index contributed by atoms with van der Waals surface area (Å²) in [5.41, 5.74) is 7.72. The van der Waals surface area contributed by atoms with E-state index in [1.54, 1.807) is 13.3 Å². The van der Waals surface area contributed by atoms with E-state index in [9.17, 15) is 0 Å². The van der Waals surface area contributed by atoms with Crippen LogP contribution in [0.15, 0.2) is 30.5 Å². The molecule has 0 amide bonds. The van der Waals surface area contributed by atoms with Crippen molar-refractivity contribution in [1.82, 2.24) is 4.98 Å². The SMILES string of the molecule is COCc1cccc(Nc2ncc(N)s2)c1. The number of nitrogens with one attached hydrogen (secondary N) is 1. The largest absolute Gasteiger partial charge is 0.389 e. The number of hydrogen-bond acceptors (Lipinski definition) is 5. The number of benzene rings is 1. The molecule has 0 spiro atoms. The summed E-state index contributed by atoms with van der Waals surface area (Å²) < 4.78 is 5.08. The van der Waals surface area contributed by atoms with Crippen LogP contribution in [-0.4, -0.2) is 12.1 Å². The molecule has 5 heteroatoms. The van der Waals surface area contributed by atoms with Crippen LogP contribution in [0.5, 0.6) is 0 Å². The van der Waals surface area contributed by atoms with E-state index in [4.69, 9.17) is 10.5 Å². The molecule has 0 aliphatic heterocycles. The molecule has 3 N–H and O–H groups in total. The number of anilines is 3. The van der Waals surface area contributed by atoms with Crippen LogP contribution >= 0.6 is 11.3 Å². The summed E-state index contributed by atoms with van der Waals surface area (Å²) in [6, 6.07) is 8.01. The van der Waals surface area contributed by atoms with Gasteiger partial charge in [-0.15, -0.1) is 0 Å². The van der Waals surface area contributed by atoms with Gasteiger partial charge in [-0.1, -0.05) is 23.5 Å². The predicted molar refractivity (Wildman–Crippen MR) is 67.0 cm³/mol. The normalized spacial score (nSPS) is 10.3. The van der Waals surface area contributed by atoms with Crippen molar-refractivity contribution >= 4 is 27.2 Å². The van der Waals surface area contributed by atoms with Crippen molar-refractivity contribution in [3.63, 3.8) is 0 Å². The molecule has 0 saturated carbocycles. The summed E-state index contributed by atoms with van der Waals surface area (Å²) in [6.45, 7) is 0.607. The number of nitrogens with two attached hydrogens (primary N) is 1. The molecule has 0 atom stereocenters. The lowest BCUT2D eigenvalue weighted by Gasteiger charge is -2.05. The van der Waals surface area contributed by atoms with Crippen molar-refractivity contribution < 1.29 is 4.74 Å². The molecule has 16 heavy (non-hydrogen) atoms. The third kappa shape index (κ3) is 2.71. The molecule has 2 rings (SSSR count). The summed E-state index contributed by atoms with van der Waals surface area (Å²) in [5, 5.41) is 4.70. The van der Waals surface area contributed by atoms with E-state index in [0.717, 1.165) is 16.4 Å². The first kappa shape index (κ1) is 10.9. The lowest BCUT2D eigenvalue weighted by atomic mass is 10.2. The minimum Gasteiger partial charge on any atom is -0.389 e. The molecular weight excluding hydrogens is 222 g/mol. The smallest absolute Gasteiger partial charge is 0.189 e. The van der Waals surface area contributed by atoms with Gasteiger partial charge < -0.3 is 15.8 Å². The number of nitrogens with zero attached hydrogens (tertiary/aromatic N) is 1. The Bertz CT molecular complexity index is 470. The van der Waals surface area contributed by atoms with Gasteiger partial charge in [0, 0.05) is 12.8 Å². The summed E-state index contributed by atoms with van der Waals surface area (Å²) in [4.78, 5) is 4.14. The van der Waals surface area contributed by atoms with Gasteiger partial charge in [-0.3, -0.25) is 0 Å². The molecule has 1 aromatic carbocycles. The van der Waals surface area contributed by atoms with Gasteiger partial charge in [0.05, 0.1) is 12.8 Å². The molecular formula is C11H13N3OS. The first-order chi connectivity index (χ1) is 7.78. The van der Waals surface area contributed by atoms with Crippen LogP contribution in [0.4, 0.5) is 15.8 Å². The average Bonchev–Trinajstić information content (AvgIpc) is 2.65. The zero-order valence-corrected chi connectivity index (χ0v) is 9.75. The zero-order chi connectivity index (χ0) is 11.4. The van der Waals surface area contributed by atoms with Gasteiger partial charge in [0.15, 0.2) is 5.13 Å². The van der Waals surface area contributed by atoms with Gasteiger partial charge in [0.25, 0.3) is 0 Å². The van der Waals surface area contributed by atoms with Gasteiger partial charge in [0.1, 0.15) is 5.00 Å². The molecule has 0 aliphatic rings. The molecule has 0 unspecified atom stereocenters. The van der Waals surface area contributed by atoms with Crippen LogP contribution in [-0.2, 0) is 11.3 Å². The van der Waals surface area contributed by atoms with E-state index in [1.807, 2.05) is 24.3 Å². The molecule has 0 bridgehead atoms. The third-order valence-electron chi connectivity index (χ3n) is 2.01. The molecule has 2 aromatic rings. The zero-order valence-electron chi connectivity index (χ0n) is 8.93. The average molecular weight is 235 g/mol. The lowest BCUT2D eigenvalue weighted by molar-refractivity contribution is 0.185. The van der Waals surface area contributed by atoms with Crippen LogP contribution in [0.2, 0.25) is 0 Å². The van der Waals surface area contributed by atoms with E-state index < -0.39 is 0 Å². The maximum atomic E-state index is 5.61. The van der Waals surface area contributed by atoms with Crippen LogP contribution in [0.1, 0.15) is 5.56 Å². The predicted octanol–water partition coefficient (Wildman–Crippen LogP) is 2.62. The lowest BCUT2D eigenvalue weighted by Crippen LogP contribution is -1.92. The highest BCUT2D eigenvalue weighted by Crippen LogP contribution is 2.24. The Hall–Kier alpha value is -1.59. The Morgan fingerprint density at radius 1 is 1.50 bits per heavy atom. The van der Waals surface area contributed by atoms with Crippen LogP contribution in [0.25, 0.3) is 0 Å². The van der Waals surface area contributed by atoms with E-state index in [-0.39, 0.29) is 0 Å². The number of rotatable bonds is 4. The molecule has 0 fully saturated rings. The van der Waals surface area contributed by atoms with Crippen molar-refractivity contribution in [1.29, 1.82) is 0 Å². The Kier molecular flexibility index (Phi) is 3.38. The van der Waals surface area contributed by atoms with Crippen molar-refractivity contribution in [2.45, 2.75) is 6.61 Å². The first-order valence-electron chi connectivity index (χ1n) is 4.84. The second-order valence-corrected chi connectivity index (χ2v) is 4.39. The Morgan fingerprint density at radius 2 is 2.38 bits per heavy atom. The van der Waals surface area contributed by atoms with E-state index >= 15 is 0 Å². The minimum absolute atomic E-state index is 0.607. The van der Waals surface area contributed by atoms with Crippen LogP contribution in [0.3, 0.4) is 0 Å². The summed E-state index contributed by atoms with van der Waals surface area (Å²) >= 11 is 1.43. The van der Waals surface area contributed by atoms with Gasteiger partial charge in [-0.05, 0) is 17.7 Å². The molecule has 0 aliphatic carbocycles. The number of hydrogen-bond donors (Lipinski definition) is 2. The molecule has 84 valence electrons. The molecule has 1 heterocycles. The maximum Gasteiger partial charge on any atom is 0.189 e. The summed E-state index contributed by atoms with van der Waals surface area (Å²) in [5.74, 6) is 0. The van der Waals surface area contributed by atoms with E-state index in [2.05, 4.69) is 10.3 Å². The fourth-order valence-corrected chi connectivity index (χ4v) is 1.98. The maximum absolute atomic E-state index is 5.61. The quantitative estimate of drug-likeness (QED) is 0.855.